The van der Waals surface area contributed by atoms with E-state index in [0.29, 0.717) is 0 Å². The van der Waals surface area contributed by atoms with Crippen molar-refractivity contribution in [3.05, 3.63) is 41.7 Å². The molecule has 0 amide bonds. The highest BCUT2D eigenvalue weighted by Crippen LogP contribution is 2.31. The molecule has 2 aromatic rings. The highest BCUT2D eigenvalue weighted by molar-refractivity contribution is 6.07. The molecule has 0 saturated heterocycles. The van der Waals surface area contributed by atoms with Gasteiger partial charge in [-0.25, -0.2) is 4.98 Å². The average Bonchev–Trinajstić information content (AvgIpc) is 2.80. The molecule has 1 N–H and O–H groups in total. The van der Waals surface area contributed by atoms with Crippen LogP contribution in [0.5, 0.6) is 0 Å². The minimum Gasteiger partial charge on any atom is -0.285 e. The maximum atomic E-state index is 12.6. The zero-order valence-corrected chi connectivity index (χ0v) is 8.19. The summed E-state index contributed by atoms with van der Waals surface area (Å²) in [5.41, 5.74) is -1.61. The molecule has 88 valence electrons. The van der Waals surface area contributed by atoms with Crippen LogP contribution < -0.4 is 0 Å². The van der Waals surface area contributed by atoms with E-state index in [0.717, 1.165) is 24.8 Å². The van der Waals surface area contributed by atoms with Crippen LogP contribution in [0.1, 0.15) is 21.7 Å². The SMILES string of the molecule is O=C(c1ncn[nH]1)c1cnccc1C(F)(F)F. The van der Waals surface area contributed by atoms with E-state index >= 15 is 0 Å². The van der Waals surface area contributed by atoms with E-state index in [1.54, 1.807) is 0 Å². The molecule has 5 nitrogen and oxygen atoms in total. The lowest BCUT2D eigenvalue weighted by Gasteiger charge is -2.09. The van der Waals surface area contributed by atoms with E-state index in [9.17, 15) is 18.0 Å². The van der Waals surface area contributed by atoms with Crippen LogP contribution in [0.15, 0.2) is 24.8 Å². The Morgan fingerprint density at radius 2 is 2.12 bits per heavy atom. The Morgan fingerprint density at radius 1 is 1.35 bits per heavy atom. The molecule has 0 unspecified atom stereocenters. The van der Waals surface area contributed by atoms with E-state index in [1.165, 1.54) is 0 Å². The van der Waals surface area contributed by atoms with Gasteiger partial charge in [-0.05, 0) is 6.07 Å². The molecule has 0 aliphatic rings. The van der Waals surface area contributed by atoms with E-state index in [4.69, 9.17) is 0 Å². The molecular formula is C9H5F3N4O. The molecule has 2 aromatic heterocycles. The van der Waals surface area contributed by atoms with Crippen LogP contribution in [0, 0.1) is 0 Å². The first-order valence-electron chi connectivity index (χ1n) is 4.41. The van der Waals surface area contributed by atoms with E-state index in [1.807, 2.05) is 0 Å². The minimum atomic E-state index is -4.62. The summed E-state index contributed by atoms with van der Waals surface area (Å²) >= 11 is 0. The normalized spacial score (nSPS) is 11.5. The highest BCUT2D eigenvalue weighted by atomic mass is 19.4. The number of nitrogens with zero attached hydrogens (tertiary/aromatic N) is 3. The Hall–Kier alpha value is -2.25. The summed E-state index contributed by atoms with van der Waals surface area (Å²) in [5.74, 6) is -1.16. The number of carbonyl (C=O) groups excluding carboxylic acids is 1. The Balaban J connectivity index is 2.50. The van der Waals surface area contributed by atoms with Crippen LogP contribution in [-0.4, -0.2) is 25.9 Å². The van der Waals surface area contributed by atoms with Gasteiger partial charge in [0.05, 0.1) is 11.1 Å². The second kappa shape index (κ2) is 3.96. The standard InChI is InChI=1S/C9H5F3N4O/c10-9(11,12)6-1-2-13-3-5(6)7(17)8-14-4-15-16-8/h1-4H,(H,14,15,16). The van der Waals surface area contributed by atoms with Crippen LogP contribution in [0.2, 0.25) is 0 Å². The van der Waals surface area contributed by atoms with Gasteiger partial charge >= 0.3 is 6.18 Å². The van der Waals surface area contributed by atoms with Crippen LogP contribution in [0.25, 0.3) is 0 Å². The van der Waals surface area contributed by atoms with Crippen molar-refractivity contribution < 1.29 is 18.0 Å². The molecule has 17 heavy (non-hydrogen) atoms. The number of halogens is 3. The molecule has 0 bridgehead atoms. The van der Waals surface area contributed by atoms with Crippen LogP contribution in [0.3, 0.4) is 0 Å². The molecule has 2 rings (SSSR count). The molecule has 0 radical (unpaired) electrons. The van der Waals surface area contributed by atoms with Crippen LogP contribution >= 0.6 is 0 Å². The number of carbonyl (C=O) groups is 1. The highest BCUT2D eigenvalue weighted by Gasteiger charge is 2.35. The molecule has 8 heteroatoms. The van der Waals surface area contributed by atoms with Crippen LogP contribution in [-0.2, 0) is 6.18 Å². The van der Waals surface area contributed by atoms with Crippen molar-refractivity contribution in [1.82, 2.24) is 20.2 Å². The number of ketones is 1. The third-order valence-corrected chi connectivity index (χ3v) is 2.00. The quantitative estimate of drug-likeness (QED) is 0.809. The van der Waals surface area contributed by atoms with E-state index in [2.05, 4.69) is 20.2 Å². The number of alkyl halides is 3. The Labute approximate surface area is 92.7 Å². The topological polar surface area (TPSA) is 71.5 Å². The first-order chi connectivity index (χ1) is 8.00. The van der Waals surface area contributed by atoms with Gasteiger partial charge in [-0.15, -0.1) is 0 Å². The number of rotatable bonds is 2. The summed E-state index contributed by atoms with van der Waals surface area (Å²) in [7, 11) is 0. The minimum absolute atomic E-state index is 0.261. The molecule has 0 spiro atoms. The van der Waals surface area contributed by atoms with Crippen molar-refractivity contribution in [3.63, 3.8) is 0 Å². The third kappa shape index (κ3) is 2.14. The summed E-state index contributed by atoms with van der Waals surface area (Å²) < 4.78 is 37.9. The molecule has 0 aliphatic heterocycles. The lowest BCUT2D eigenvalue weighted by Crippen LogP contribution is -2.15. The predicted octanol–water partition coefficient (Wildman–Crippen LogP) is 1.45. The molecule has 0 atom stereocenters. The summed E-state index contributed by atoms with van der Waals surface area (Å²) in [5, 5.41) is 5.61. The number of aromatic amines is 1. The van der Waals surface area contributed by atoms with Gasteiger partial charge in [0.2, 0.25) is 5.78 Å². The second-order valence-electron chi connectivity index (χ2n) is 3.08. The van der Waals surface area contributed by atoms with Crippen molar-refractivity contribution in [2.45, 2.75) is 6.18 Å². The van der Waals surface area contributed by atoms with Crippen molar-refractivity contribution in [1.29, 1.82) is 0 Å². The van der Waals surface area contributed by atoms with Gasteiger partial charge in [-0.2, -0.15) is 18.3 Å². The van der Waals surface area contributed by atoms with E-state index < -0.39 is 23.1 Å². The van der Waals surface area contributed by atoms with Gasteiger partial charge in [-0.3, -0.25) is 14.9 Å². The number of pyridine rings is 1. The van der Waals surface area contributed by atoms with Gasteiger partial charge < -0.3 is 0 Å². The predicted molar refractivity (Wildman–Crippen MR) is 49.1 cm³/mol. The fourth-order valence-electron chi connectivity index (χ4n) is 1.27. The van der Waals surface area contributed by atoms with Gasteiger partial charge in [-0.1, -0.05) is 0 Å². The first kappa shape index (κ1) is 11.2. The number of nitrogens with one attached hydrogen (secondary N) is 1. The fourth-order valence-corrected chi connectivity index (χ4v) is 1.27. The van der Waals surface area contributed by atoms with Gasteiger partial charge in [0.25, 0.3) is 0 Å². The molecule has 0 saturated carbocycles. The van der Waals surface area contributed by atoms with Crippen LogP contribution in [0.4, 0.5) is 13.2 Å². The first-order valence-corrected chi connectivity index (χ1v) is 4.41. The smallest absolute Gasteiger partial charge is 0.285 e. The van der Waals surface area contributed by atoms with Crippen molar-refractivity contribution in [2.75, 3.05) is 0 Å². The molecule has 0 fully saturated rings. The monoisotopic (exact) mass is 242 g/mol. The Bertz CT molecular complexity index is 535. The number of H-pyrrole nitrogens is 1. The summed E-state index contributed by atoms with van der Waals surface area (Å²) in [6, 6.07) is 0.740. The summed E-state index contributed by atoms with van der Waals surface area (Å²) in [6.45, 7) is 0. The van der Waals surface area contributed by atoms with Crippen molar-refractivity contribution in [3.8, 4) is 0 Å². The number of aromatic nitrogens is 4. The second-order valence-corrected chi connectivity index (χ2v) is 3.08. The molecule has 2 heterocycles. The number of hydrogen-bond donors (Lipinski definition) is 1. The maximum Gasteiger partial charge on any atom is 0.417 e. The van der Waals surface area contributed by atoms with Crippen molar-refractivity contribution >= 4 is 5.78 Å². The Morgan fingerprint density at radius 3 is 2.71 bits per heavy atom. The molecular weight excluding hydrogens is 237 g/mol. The largest absolute Gasteiger partial charge is 0.417 e. The summed E-state index contributed by atoms with van der Waals surface area (Å²) in [6.07, 6.45) is -1.75. The zero-order valence-electron chi connectivity index (χ0n) is 8.19. The lowest BCUT2D eigenvalue weighted by molar-refractivity contribution is -0.137. The third-order valence-electron chi connectivity index (χ3n) is 2.00. The molecule has 0 aromatic carbocycles. The maximum absolute atomic E-state index is 12.6. The van der Waals surface area contributed by atoms with Crippen molar-refractivity contribution in [2.24, 2.45) is 0 Å². The van der Waals surface area contributed by atoms with Gasteiger partial charge in [0.15, 0.2) is 5.82 Å². The lowest BCUT2D eigenvalue weighted by atomic mass is 10.1. The van der Waals surface area contributed by atoms with Gasteiger partial charge in [0.1, 0.15) is 6.33 Å². The zero-order chi connectivity index (χ0) is 12.5. The van der Waals surface area contributed by atoms with E-state index in [-0.39, 0.29) is 5.82 Å². The van der Waals surface area contributed by atoms with Gasteiger partial charge in [0, 0.05) is 12.4 Å². The fraction of sp³-hybridized carbons (Fsp3) is 0.111. The molecule has 0 aliphatic carbocycles. The number of hydrogen-bond acceptors (Lipinski definition) is 4. The Kier molecular flexibility index (Phi) is 2.62. The average molecular weight is 242 g/mol. The summed E-state index contributed by atoms with van der Waals surface area (Å²) in [4.78, 5) is 18.7.